The van der Waals surface area contributed by atoms with Gasteiger partial charge in [0.2, 0.25) is 0 Å². The standard InChI is InChI=1S/C18H23NOS/c1-2-19-17-9-5-6-10-18(17)21(20)16-12-11-14-7-3-4-8-15(14)13-16/h3-4,7-8,11-13,17-19H,2,5-6,9-10H2,1H3. The number of hydrogen-bond donors (Lipinski definition) is 1. The van der Waals surface area contributed by atoms with E-state index in [0.29, 0.717) is 6.04 Å². The summed E-state index contributed by atoms with van der Waals surface area (Å²) in [5.41, 5.74) is 0. The fourth-order valence-electron chi connectivity index (χ4n) is 3.32. The van der Waals surface area contributed by atoms with Crippen LogP contribution < -0.4 is 5.32 Å². The van der Waals surface area contributed by atoms with Gasteiger partial charge < -0.3 is 5.32 Å². The van der Waals surface area contributed by atoms with Gasteiger partial charge in [0.05, 0.1) is 16.0 Å². The van der Waals surface area contributed by atoms with Gasteiger partial charge in [0.15, 0.2) is 0 Å². The van der Waals surface area contributed by atoms with Crippen molar-refractivity contribution in [3.05, 3.63) is 42.5 Å². The number of rotatable bonds is 4. The summed E-state index contributed by atoms with van der Waals surface area (Å²) in [6.07, 6.45) is 4.67. The normalized spacial score (nSPS) is 24.0. The lowest BCUT2D eigenvalue weighted by Crippen LogP contribution is -2.44. The molecule has 2 aromatic carbocycles. The van der Waals surface area contributed by atoms with E-state index in [4.69, 9.17) is 0 Å². The fourth-order valence-corrected chi connectivity index (χ4v) is 5.02. The van der Waals surface area contributed by atoms with E-state index in [9.17, 15) is 4.21 Å². The van der Waals surface area contributed by atoms with E-state index in [1.54, 1.807) is 0 Å². The summed E-state index contributed by atoms with van der Waals surface area (Å²) in [6.45, 7) is 3.08. The van der Waals surface area contributed by atoms with Crippen molar-refractivity contribution in [3.8, 4) is 0 Å². The van der Waals surface area contributed by atoms with Gasteiger partial charge in [-0.1, -0.05) is 50.1 Å². The van der Waals surface area contributed by atoms with Crippen LogP contribution in [0.3, 0.4) is 0 Å². The summed E-state index contributed by atoms with van der Waals surface area (Å²) in [5, 5.41) is 6.17. The van der Waals surface area contributed by atoms with E-state index in [1.807, 2.05) is 18.2 Å². The molecule has 112 valence electrons. The first-order valence-corrected chi connectivity index (χ1v) is 9.13. The van der Waals surface area contributed by atoms with Crippen molar-refractivity contribution in [1.82, 2.24) is 5.32 Å². The van der Waals surface area contributed by atoms with E-state index in [-0.39, 0.29) is 5.25 Å². The summed E-state index contributed by atoms with van der Waals surface area (Å²) in [4.78, 5) is 0.975. The molecule has 0 radical (unpaired) electrons. The van der Waals surface area contributed by atoms with E-state index in [0.717, 1.165) is 24.3 Å². The van der Waals surface area contributed by atoms with Crippen LogP contribution in [-0.2, 0) is 10.8 Å². The van der Waals surface area contributed by atoms with Crippen LogP contribution in [0, 0.1) is 0 Å². The Labute approximate surface area is 129 Å². The van der Waals surface area contributed by atoms with Crippen LogP contribution in [0.1, 0.15) is 32.6 Å². The van der Waals surface area contributed by atoms with E-state index < -0.39 is 10.8 Å². The Hall–Kier alpha value is -1.19. The molecule has 1 saturated carbocycles. The molecule has 0 bridgehead atoms. The highest BCUT2D eigenvalue weighted by molar-refractivity contribution is 7.85. The maximum absolute atomic E-state index is 13.0. The minimum absolute atomic E-state index is 0.250. The van der Waals surface area contributed by atoms with Crippen LogP contribution in [0.25, 0.3) is 10.8 Å². The molecule has 3 atom stereocenters. The molecule has 0 heterocycles. The summed E-state index contributed by atoms with van der Waals surface area (Å²) >= 11 is 0. The molecule has 1 fully saturated rings. The molecule has 0 aliphatic heterocycles. The molecule has 1 aliphatic carbocycles. The molecule has 2 aromatic rings. The van der Waals surface area contributed by atoms with Crippen LogP contribution in [0.2, 0.25) is 0 Å². The number of benzene rings is 2. The zero-order chi connectivity index (χ0) is 14.7. The maximum Gasteiger partial charge on any atom is 0.0576 e. The van der Waals surface area contributed by atoms with Crippen molar-refractivity contribution < 1.29 is 4.21 Å². The minimum atomic E-state index is -0.920. The average molecular weight is 301 g/mol. The molecule has 1 aliphatic rings. The van der Waals surface area contributed by atoms with Crippen LogP contribution in [-0.4, -0.2) is 22.0 Å². The molecule has 3 rings (SSSR count). The second kappa shape index (κ2) is 6.71. The summed E-state index contributed by atoms with van der Waals surface area (Å²) in [5.74, 6) is 0. The van der Waals surface area contributed by atoms with Gasteiger partial charge in [0.25, 0.3) is 0 Å². The molecule has 0 saturated heterocycles. The monoisotopic (exact) mass is 301 g/mol. The quantitative estimate of drug-likeness (QED) is 0.929. The van der Waals surface area contributed by atoms with E-state index >= 15 is 0 Å². The van der Waals surface area contributed by atoms with Crippen molar-refractivity contribution >= 4 is 21.6 Å². The molecule has 0 amide bonds. The predicted octanol–water partition coefficient (Wildman–Crippen LogP) is 3.87. The molecule has 1 N–H and O–H groups in total. The van der Waals surface area contributed by atoms with Crippen molar-refractivity contribution in [2.45, 2.75) is 48.8 Å². The van der Waals surface area contributed by atoms with Crippen LogP contribution in [0.5, 0.6) is 0 Å². The summed E-state index contributed by atoms with van der Waals surface area (Å²) in [6, 6.07) is 14.9. The molecule has 0 spiro atoms. The number of nitrogens with one attached hydrogen (secondary N) is 1. The van der Waals surface area contributed by atoms with Crippen LogP contribution >= 0.6 is 0 Å². The van der Waals surface area contributed by atoms with Crippen molar-refractivity contribution in [2.75, 3.05) is 6.54 Å². The van der Waals surface area contributed by atoms with Gasteiger partial charge in [-0.25, -0.2) is 0 Å². The van der Waals surface area contributed by atoms with Gasteiger partial charge in [-0.3, -0.25) is 4.21 Å². The zero-order valence-electron chi connectivity index (χ0n) is 12.5. The average Bonchev–Trinajstić information content (AvgIpc) is 2.54. The van der Waals surface area contributed by atoms with Gasteiger partial charge in [0, 0.05) is 10.9 Å². The van der Waals surface area contributed by atoms with Gasteiger partial charge in [-0.05, 0) is 42.3 Å². The van der Waals surface area contributed by atoms with Crippen LogP contribution in [0.4, 0.5) is 0 Å². The minimum Gasteiger partial charge on any atom is -0.313 e. The molecular formula is C18H23NOS. The van der Waals surface area contributed by atoms with Crippen LogP contribution in [0.15, 0.2) is 47.4 Å². The van der Waals surface area contributed by atoms with Gasteiger partial charge in [-0.15, -0.1) is 0 Å². The lowest BCUT2D eigenvalue weighted by molar-refractivity contribution is 0.385. The summed E-state index contributed by atoms with van der Waals surface area (Å²) in [7, 11) is -0.920. The largest absolute Gasteiger partial charge is 0.313 e. The highest BCUT2D eigenvalue weighted by Crippen LogP contribution is 2.28. The zero-order valence-corrected chi connectivity index (χ0v) is 13.4. The SMILES string of the molecule is CCNC1CCCCC1S(=O)c1ccc2ccccc2c1. The third-order valence-electron chi connectivity index (χ3n) is 4.40. The van der Waals surface area contributed by atoms with E-state index in [2.05, 4.69) is 36.5 Å². The predicted molar refractivity (Wildman–Crippen MR) is 90.1 cm³/mol. The van der Waals surface area contributed by atoms with Gasteiger partial charge in [-0.2, -0.15) is 0 Å². The molecule has 3 heteroatoms. The lowest BCUT2D eigenvalue weighted by atomic mass is 9.95. The smallest absolute Gasteiger partial charge is 0.0576 e. The molecule has 0 aromatic heterocycles. The lowest BCUT2D eigenvalue weighted by Gasteiger charge is -2.31. The topological polar surface area (TPSA) is 29.1 Å². The van der Waals surface area contributed by atoms with Crippen molar-refractivity contribution in [1.29, 1.82) is 0 Å². The first kappa shape index (κ1) is 14.7. The first-order valence-electron chi connectivity index (χ1n) is 7.92. The third kappa shape index (κ3) is 3.19. The Morgan fingerprint density at radius 1 is 1.10 bits per heavy atom. The highest BCUT2D eigenvalue weighted by Gasteiger charge is 2.30. The molecule has 3 unspecified atom stereocenters. The Bertz CT molecular complexity index is 638. The number of fused-ring (bicyclic) bond motifs is 1. The van der Waals surface area contributed by atoms with E-state index in [1.165, 1.54) is 23.6 Å². The Kier molecular flexibility index (Phi) is 4.71. The second-order valence-corrected chi connectivity index (χ2v) is 7.47. The van der Waals surface area contributed by atoms with Gasteiger partial charge in [0.1, 0.15) is 0 Å². The first-order chi connectivity index (χ1) is 10.3. The third-order valence-corrected chi connectivity index (χ3v) is 6.23. The Balaban J connectivity index is 1.87. The highest BCUT2D eigenvalue weighted by atomic mass is 32.2. The Morgan fingerprint density at radius 2 is 1.86 bits per heavy atom. The van der Waals surface area contributed by atoms with Gasteiger partial charge >= 0.3 is 0 Å². The summed E-state index contributed by atoms with van der Waals surface area (Å²) < 4.78 is 13.0. The maximum atomic E-state index is 13.0. The Morgan fingerprint density at radius 3 is 2.67 bits per heavy atom. The second-order valence-electron chi connectivity index (χ2n) is 5.79. The molecule has 2 nitrogen and oxygen atoms in total. The number of hydrogen-bond acceptors (Lipinski definition) is 2. The molecule has 21 heavy (non-hydrogen) atoms. The fraction of sp³-hybridized carbons (Fsp3) is 0.444. The van der Waals surface area contributed by atoms with Crippen molar-refractivity contribution in [3.63, 3.8) is 0 Å². The van der Waals surface area contributed by atoms with Crippen molar-refractivity contribution in [2.24, 2.45) is 0 Å². The molecular weight excluding hydrogens is 278 g/mol.